The molecule has 3 N–H and O–H groups in total. The van der Waals surface area contributed by atoms with Crippen LogP contribution in [0.2, 0.25) is 0 Å². The fourth-order valence-electron chi connectivity index (χ4n) is 2.21. The quantitative estimate of drug-likeness (QED) is 0.426. The second-order valence-corrected chi connectivity index (χ2v) is 5.52. The van der Waals surface area contributed by atoms with E-state index >= 15 is 0 Å². The van der Waals surface area contributed by atoms with E-state index in [0.717, 1.165) is 12.1 Å². The summed E-state index contributed by atoms with van der Waals surface area (Å²) >= 11 is 0. The van der Waals surface area contributed by atoms with E-state index in [2.05, 4.69) is 53.6 Å². The molecule has 0 aliphatic rings. The number of nitrogens with zero attached hydrogens (tertiary/aromatic N) is 2. The molecule has 0 heterocycles. The first kappa shape index (κ1) is 19.4. The van der Waals surface area contributed by atoms with Crippen molar-refractivity contribution in [2.75, 3.05) is 26.0 Å². The predicted octanol–water partition coefficient (Wildman–Crippen LogP) is 3.20. The molecule has 0 aliphatic carbocycles. The largest absolute Gasteiger partial charge is 0.370 e. The van der Waals surface area contributed by atoms with Crippen molar-refractivity contribution in [3.63, 3.8) is 0 Å². The van der Waals surface area contributed by atoms with Gasteiger partial charge in [0, 0.05) is 11.7 Å². The van der Waals surface area contributed by atoms with E-state index in [1.807, 2.05) is 36.4 Å². The lowest BCUT2D eigenvalue weighted by Crippen LogP contribution is -2.34. The molecule has 124 valence electrons. The predicted molar refractivity (Wildman–Crippen MR) is 110 cm³/mol. The Balaban J connectivity index is 0.00000264. The van der Waals surface area contributed by atoms with Crippen LogP contribution in [0.5, 0.6) is 0 Å². The van der Waals surface area contributed by atoms with Crippen LogP contribution in [-0.4, -0.2) is 37.5 Å². The molecule has 0 fully saturated rings. The maximum atomic E-state index is 5.97. The smallest absolute Gasteiger partial charge is 0.193 e. The number of para-hydroxylation sites is 1. The number of guanidine groups is 1. The third kappa shape index (κ3) is 7.00. The average Bonchev–Trinajstić information content (AvgIpc) is 2.53. The SMILES string of the molecule is CN(C)C(CN=C(N)Nc1ccccc1)Cc1ccccc1.I. The normalized spacial score (nSPS) is 12.6. The zero-order valence-corrected chi connectivity index (χ0v) is 16.0. The molecule has 0 aliphatic heterocycles. The molecule has 0 saturated carbocycles. The third-order valence-corrected chi connectivity index (χ3v) is 3.56. The van der Waals surface area contributed by atoms with E-state index in [9.17, 15) is 0 Å². The second kappa shape index (κ2) is 10.2. The van der Waals surface area contributed by atoms with Gasteiger partial charge in [0.1, 0.15) is 0 Å². The van der Waals surface area contributed by atoms with Crippen LogP contribution in [0.15, 0.2) is 65.7 Å². The van der Waals surface area contributed by atoms with Gasteiger partial charge >= 0.3 is 0 Å². The fraction of sp³-hybridized carbons (Fsp3) is 0.278. The van der Waals surface area contributed by atoms with Gasteiger partial charge < -0.3 is 16.0 Å². The molecule has 0 radical (unpaired) electrons. The molecular weight excluding hydrogens is 399 g/mol. The molecular formula is C18H25IN4. The summed E-state index contributed by atoms with van der Waals surface area (Å²) in [5, 5.41) is 3.11. The molecule has 4 nitrogen and oxygen atoms in total. The summed E-state index contributed by atoms with van der Waals surface area (Å²) in [6, 6.07) is 20.6. The standard InChI is InChI=1S/C18H24N4.HI/c1-22(2)17(13-15-9-5-3-6-10-15)14-20-18(19)21-16-11-7-4-8-12-16;/h3-12,17H,13-14H2,1-2H3,(H3,19,20,21);1H. The summed E-state index contributed by atoms with van der Waals surface area (Å²) in [4.78, 5) is 6.67. The minimum Gasteiger partial charge on any atom is -0.370 e. The van der Waals surface area contributed by atoms with Crippen LogP contribution in [0.1, 0.15) is 5.56 Å². The number of rotatable bonds is 6. The van der Waals surface area contributed by atoms with Crippen molar-refractivity contribution in [2.24, 2.45) is 10.7 Å². The average molecular weight is 424 g/mol. The molecule has 5 heteroatoms. The summed E-state index contributed by atoms with van der Waals surface area (Å²) in [6.45, 7) is 0.660. The van der Waals surface area contributed by atoms with Crippen LogP contribution in [-0.2, 0) is 6.42 Å². The number of benzene rings is 2. The van der Waals surface area contributed by atoms with E-state index in [1.54, 1.807) is 0 Å². The number of anilines is 1. The Kier molecular flexibility index (Phi) is 8.65. The number of likely N-dealkylation sites (N-methyl/N-ethyl adjacent to an activating group) is 1. The summed E-state index contributed by atoms with van der Waals surface area (Å²) < 4.78 is 0. The van der Waals surface area contributed by atoms with Crippen molar-refractivity contribution in [3.8, 4) is 0 Å². The van der Waals surface area contributed by atoms with Gasteiger partial charge in [0.2, 0.25) is 0 Å². The summed E-state index contributed by atoms with van der Waals surface area (Å²) in [7, 11) is 4.15. The van der Waals surface area contributed by atoms with Crippen LogP contribution in [0.3, 0.4) is 0 Å². The fourth-order valence-corrected chi connectivity index (χ4v) is 2.21. The molecule has 0 amide bonds. The molecule has 0 spiro atoms. The number of nitrogens with one attached hydrogen (secondary N) is 1. The number of halogens is 1. The number of hydrogen-bond acceptors (Lipinski definition) is 2. The minimum atomic E-state index is 0. The van der Waals surface area contributed by atoms with Crippen molar-refractivity contribution >= 4 is 35.6 Å². The van der Waals surface area contributed by atoms with Gasteiger partial charge in [-0.3, -0.25) is 4.99 Å². The molecule has 1 unspecified atom stereocenters. The molecule has 2 rings (SSSR count). The van der Waals surface area contributed by atoms with E-state index in [0.29, 0.717) is 18.5 Å². The Morgan fingerprint density at radius 2 is 1.61 bits per heavy atom. The van der Waals surface area contributed by atoms with Crippen LogP contribution in [0.25, 0.3) is 0 Å². The highest BCUT2D eigenvalue weighted by Gasteiger charge is 2.11. The summed E-state index contributed by atoms with van der Waals surface area (Å²) in [5.41, 5.74) is 8.23. The Morgan fingerprint density at radius 1 is 1.04 bits per heavy atom. The van der Waals surface area contributed by atoms with Crippen LogP contribution < -0.4 is 11.1 Å². The first-order valence-electron chi connectivity index (χ1n) is 7.47. The van der Waals surface area contributed by atoms with Crippen molar-refractivity contribution in [1.29, 1.82) is 0 Å². The Morgan fingerprint density at radius 3 is 2.17 bits per heavy atom. The maximum absolute atomic E-state index is 5.97. The molecule has 1 atom stereocenters. The van der Waals surface area contributed by atoms with Crippen molar-refractivity contribution in [2.45, 2.75) is 12.5 Å². The van der Waals surface area contributed by atoms with Gasteiger partial charge in [-0.15, -0.1) is 24.0 Å². The lowest BCUT2D eigenvalue weighted by Gasteiger charge is -2.23. The van der Waals surface area contributed by atoms with Crippen molar-refractivity contribution < 1.29 is 0 Å². The highest BCUT2D eigenvalue weighted by atomic mass is 127. The Hall–Kier alpha value is -1.60. The first-order chi connectivity index (χ1) is 10.6. The monoisotopic (exact) mass is 424 g/mol. The lowest BCUT2D eigenvalue weighted by molar-refractivity contribution is 0.298. The van der Waals surface area contributed by atoms with E-state index < -0.39 is 0 Å². The number of hydrogen-bond donors (Lipinski definition) is 2. The highest BCUT2D eigenvalue weighted by Crippen LogP contribution is 2.08. The molecule has 23 heavy (non-hydrogen) atoms. The zero-order valence-electron chi connectivity index (χ0n) is 13.6. The topological polar surface area (TPSA) is 53.6 Å². The van der Waals surface area contributed by atoms with E-state index in [-0.39, 0.29) is 24.0 Å². The molecule has 2 aromatic rings. The van der Waals surface area contributed by atoms with Gasteiger partial charge in [-0.1, -0.05) is 48.5 Å². The Bertz CT molecular complexity index is 584. The second-order valence-electron chi connectivity index (χ2n) is 5.52. The van der Waals surface area contributed by atoms with Gasteiger partial charge in [-0.05, 0) is 38.2 Å². The van der Waals surface area contributed by atoms with Gasteiger partial charge in [-0.2, -0.15) is 0 Å². The Labute approximate surface area is 155 Å². The van der Waals surface area contributed by atoms with E-state index in [1.165, 1.54) is 5.56 Å². The summed E-state index contributed by atoms with van der Waals surface area (Å²) in [6.07, 6.45) is 0.954. The van der Waals surface area contributed by atoms with Gasteiger partial charge in [0.05, 0.1) is 6.54 Å². The number of aliphatic imine (C=N–C) groups is 1. The van der Waals surface area contributed by atoms with Gasteiger partial charge in [-0.25, -0.2) is 0 Å². The maximum Gasteiger partial charge on any atom is 0.193 e. The zero-order chi connectivity index (χ0) is 15.8. The van der Waals surface area contributed by atoms with Crippen LogP contribution in [0, 0.1) is 0 Å². The molecule has 0 bridgehead atoms. The lowest BCUT2D eigenvalue weighted by atomic mass is 10.1. The molecule has 0 aromatic heterocycles. The highest BCUT2D eigenvalue weighted by molar-refractivity contribution is 14.0. The minimum absolute atomic E-state index is 0. The number of nitrogens with two attached hydrogens (primary N) is 1. The molecule has 2 aromatic carbocycles. The van der Waals surface area contributed by atoms with Crippen molar-refractivity contribution in [3.05, 3.63) is 66.2 Å². The first-order valence-corrected chi connectivity index (χ1v) is 7.47. The van der Waals surface area contributed by atoms with Crippen LogP contribution in [0.4, 0.5) is 5.69 Å². The van der Waals surface area contributed by atoms with Gasteiger partial charge in [0.15, 0.2) is 5.96 Å². The molecule has 0 saturated heterocycles. The van der Waals surface area contributed by atoms with Crippen LogP contribution >= 0.6 is 24.0 Å². The van der Waals surface area contributed by atoms with E-state index in [4.69, 9.17) is 5.73 Å². The third-order valence-electron chi connectivity index (χ3n) is 3.56. The van der Waals surface area contributed by atoms with Gasteiger partial charge in [0.25, 0.3) is 0 Å². The summed E-state index contributed by atoms with van der Waals surface area (Å²) in [5.74, 6) is 0.450. The van der Waals surface area contributed by atoms with Crippen molar-refractivity contribution in [1.82, 2.24) is 4.90 Å².